The first-order chi connectivity index (χ1) is 7.68. The van der Waals surface area contributed by atoms with Gasteiger partial charge in [-0.2, -0.15) is 0 Å². The van der Waals surface area contributed by atoms with Gasteiger partial charge in [0, 0.05) is 19.6 Å². The van der Waals surface area contributed by atoms with Gasteiger partial charge < -0.3 is 15.0 Å². The van der Waals surface area contributed by atoms with E-state index in [1.807, 2.05) is 4.90 Å². The molecule has 5 heteroatoms. The molecule has 2 aliphatic heterocycles. The van der Waals surface area contributed by atoms with Crippen LogP contribution in [0.15, 0.2) is 0 Å². The first kappa shape index (κ1) is 11.4. The zero-order valence-corrected chi connectivity index (χ0v) is 9.57. The molecule has 90 valence electrons. The monoisotopic (exact) mass is 226 g/mol. The first-order valence-corrected chi connectivity index (χ1v) is 5.86. The molecule has 16 heavy (non-hydrogen) atoms. The molecule has 0 aromatic carbocycles. The summed E-state index contributed by atoms with van der Waals surface area (Å²) in [7, 11) is 0. The Morgan fingerprint density at radius 3 is 2.94 bits per heavy atom. The fourth-order valence-electron chi connectivity index (χ4n) is 2.29. The molecule has 0 spiro atoms. The fraction of sp³-hybridized carbons (Fsp3) is 0.818. The molecule has 0 radical (unpaired) electrons. The van der Waals surface area contributed by atoms with Crippen molar-refractivity contribution in [1.82, 2.24) is 10.2 Å². The van der Waals surface area contributed by atoms with Gasteiger partial charge in [0.25, 0.3) is 0 Å². The number of amides is 2. The molecule has 0 aliphatic carbocycles. The lowest BCUT2D eigenvalue weighted by Crippen LogP contribution is -2.49. The number of hydrogen-bond acceptors (Lipinski definition) is 3. The Kier molecular flexibility index (Phi) is 3.43. The summed E-state index contributed by atoms with van der Waals surface area (Å²) in [6.45, 7) is 3.64. The second-order valence-corrected chi connectivity index (χ2v) is 4.44. The molecule has 2 heterocycles. The second-order valence-electron chi connectivity index (χ2n) is 4.44. The molecule has 0 bridgehead atoms. The molecule has 1 N–H and O–H groups in total. The van der Waals surface area contributed by atoms with E-state index in [2.05, 4.69) is 5.32 Å². The average Bonchev–Trinajstić information content (AvgIpc) is 2.41. The van der Waals surface area contributed by atoms with Crippen molar-refractivity contribution >= 4 is 11.8 Å². The molecule has 2 rings (SSSR count). The quantitative estimate of drug-likeness (QED) is 0.679. The van der Waals surface area contributed by atoms with Crippen molar-refractivity contribution in [3.05, 3.63) is 0 Å². The van der Waals surface area contributed by atoms with Crippen molar-refractivity contribution in [2.45, 2.75) is 38.3 Å². The predicted octanol–water partition coefficient (Wildman–Crippen LogP) is -0.0976. The molecule has 2 aliphatic rings. The maximum atomic E-state index is 12.0. The van der Waals surface area contributed by atoms with E-state index in [-0.39, 0.29) is 17.9 Å². The lowest BCUT2D eigenvalue weighted by Gasteiger charge is -2.34. The summed E-state index contributed by atoms with van der Waals surface area (Å²) < 4.78 is 5.39. The molecule has 0 aromatic heterocycles. The predicted molar refractivity (Wildman–Crippen MR) is 57.8 cm³/mol. The van der Waals surface area contributed by atoms with Gasteiger partial charge in [-0.25, -0.2) is 0 Å². The zero-order chi connectivity index (χ0) is 11.5. The number of hydrogen-bond donors (Lipinski definition) is 1. The molecule has 2 atom stereocenters. The van der Waals surface area contributed by atoms with E-state index in [9.17, 15) is 9.59 Å². The van der Waals surface area contributed by atoms with E-state index in [1.54, 1.807) is 6.92 Å². The summed E-state index contributed by atoms with van der Waals surface area (Å²) in [4.78, 5) is 25.2. The number of nitrogens with zero attached hydrogens (tertiary/aromatic N) is 1. The summed E-state index contributed by atoms with van der Waals surface area (Å²) >= 11 is 0. The number of rotatable bonds is 1. The Hall–Kier alpha value is -1.10. The van der Waals surface area contributed by atoms with E-state index in [1.165, 1.54) is 0 Å². The Morgan fingerprint density at radius 1 is 1.44 bits per heavy atom. The van der Waals surface area contributed by atoms with Crippen LogP contribution in [0.3, 0.4) is 0 Å². The minimum Gasteiger partial charge on any atom is -0.379 e. The Bertz CT molecular complexity index is 287. The van der Waals surface area contributed by atoms with Crippen LogP contribution < -0.4 is 5.32 Å². The standard InChI is InChI=1S/C11H18N2O3/c1-8-11(15)13(5-4-10(14)12-8)9-3-2-6-16-7-9/h8-9H,2-7H2,1H3,(H,12,14). The number of carbonyl (C=O) groups excluding carboxylic acids is 2. The van der Waals surface area contributed by atoms with Gasteiger partial charge >= 0.3 is 0 Å². The molecule has 2 amide bonds. The van der Waals surface area contributed by atoms with Crippen LogP contribution in [0.5, 0.6) is 0 Å². The normalized spacial score (nSPS) is 32.2. The molecule has 0 aromatic rings. The highest BCUT2D eigenvalue weighted by Gasteiger charge is 2.32. The molecule has 5 nitrogen and oxygen atoms in total. The number of ether oxygens (including phenoxy) is 1. The van der Waals surface area contributed by atoms with E-state index in [0.29, 0.717) is 19.6 Å². The Labute approximate surface area is 95.1 Å². The maximum absolute atomic E-state index is 12.0. The van der Waals surface area contributed by atoms with Crippen LogP contribution in [-0.4, -0.2) is 48.6 Å². The maximum Gasteiger partial charge on any atom is 0.245 e. The lowest BCUT2D eigenvalue weighted by atomic mass is 10.1. The average molecular weight is 226 g/mol. The van der Waals surface area contributed by atoms with Crippen molar-refractivity contribution in [3.63, 3.8) is 0 Å². The summed E-state index contributed by atoms with van der Waals surface area (Å²) in [5, 5.41) is 2.69. The van der Waals surface area contributed by atoms with Crippen molar-refractivity contribution in [2.24, 2.45) is 0 Å². The van der Waals surface area contributed by atoms with Crippen molar-refractivity contribution in [1.29, 1.82) is 0 Å². The van der Waals surface area contributed by atoms with Crippen LogP contribution in [0.2, 0.25) is 0 Å². The minimum absolute atomic E-state index is 0.0151. The molecule has 0 saturated carbocycles. The largest absolute Gasteiger partial charge is 0.379 e. The van der Waals surface area contributed by atoms with Crippen LogP contribution in [-0.2, 0) is 14.3 Å². The van der Waals surface area contributed by atoms with Gasteiger partial charge in [0.2, 0.25) is 11.8 Å². The van der Waals surface area contributed by atoms with E-state index < -0.39 is 6.04 Å². The lowest BCUT2D eigenvalue weighted by molar-refractivity contribution is -0.137. The SMILES string of the molecule is CC1NC(=O)CCN(C2CCCOC2)C1=O. The first-order valence-electron chi connectivity index (χ1n) is 5.86. The van der Waals surface area contributed by atoms with Crippen LogP contribution in [0.25, 0.3) is 0 Å². The minimum atomic E-state index is -0.406. The summed E-state index contributed by atoms with van der Waals surface area (Å²) in [6, 6.07) is -0.256. The van der Waals surface area contributed by atoms with Crippen LogP contribution in [0.1, 0.15) is 26.2 Å². The summed E-state index contributed by atoms with van der Waals surface area (Å²) in [5.74, 6) is -0.0265. The molecule has 2 fully saturated rings. The van der Waals surface area contributed by atoms with E-state index in [4.69, 9.17) is 4.74 Å². The zero-order valence-electron chi connectivity index (χ0n) is 9.57. The number of carbonyl (C=O) groups is 2. The van der Waals surface area contributed by atoms with Gasteiger partial charge in [-0.05, 0) is 19.8 Å². The highest BCUT2D eigenvalue weighted by molar-refractivity contribution is 5.89. The van der Waals surface area contributed by atoms with Crippen molar-refractivity contribution < 1.29 is 14.3 Å². The highest BCUT2D eigenvalue weighted by Crippen LogP contribution is 2.16. The molecular weight excluding hydrogens is 208 g/mol. The van der Waals surface area contributed by atoms with Gasteiger partial charge in [-0.3, -0.25) is 9.59 Å². The smallest absolute Gasteiger partial charge is 0.245 e. The van der Waals surface area contributed by atoms with Crippen LogP contribution in [0, 0.1) is 0 Å². The molecule has 2 unspecified atom stereocenters. The van der Waals surface area contributed by atoms with Gasteiger partial charge in [-0.1, -0.05) is 0 Å². The Balaban J connectivity index is 2.06. The Morgan fingerprint density at radius 2 is 2.25 bits per heavy atom. The second kappa shape index (κ2) is 4.82. The van der Waals surface area contributed by atoms with E-state index >= 15 is 0 Å². The summed E-state index contributed by atoms with van der Waals surface area (Å²) in [6.07, 6.45) is 2.36. The van der Waals surface area contributed by atoms with Crippen molar-refractivity contribution in [3.8, 4) is 0 Å². The van der Waals surface area contributed by atoms with Gasteiger partial charge in [0.05, 0.1) is 12.6 Å². The highest BCUT2D eigenvalue weighted by atomic mass is 16.5. The third-order valence-electron chi connectivity index (χ3n) is 3.19. The number of nitrogens with one attached hydrogen (secondary N) is 1. The fourth-order valence-corrected chi connectivity index (χ4v) is 2.29. The topological polar surface area (TPSA) is 58.6 Å². The van der Waals surface area contributed by atoms with Crippen LogP contribution >= 0.6 is 0 Å². The van der Waals surface area contributed by atoms with Gasteiger partial charge in [0.15, 0.2) is 0 Å². The molecular formula is C11H18N2O3. The van der Waals surface area contributed by atoms with Crippen LogP contribution in [0.4, 0.5) is 0 Å². The third kappa shape index (κ3) is 2.35. The summed E-state index contributed by atoms with van der Waals surface area (Å²) in [5.41, 5.74) is 0. The van der Waals surface area contributed by atoms with Gasteiger partial charge in [-0.15, -0.1) is 0 Å². The third-order valence-corrected chi connectivity index (χ3v) is 3.19. The van der Waals surface area contributed by atoms with E-state index in [0.717, 1.165) is 19.4 Å². The van der Waals surface area contributed by atoms with Crippen molar-refractivity contribution in [2.75, 3.05) is 19.8 Å². The molecule has 2 saturated heterocycles. The van der Waals surface area contributed by atoms with Gasteiger partial charge in [0.1, 0.15) is 6.04 Å².